The standard InChI is InChI=1S/C15H17N3O/c16-15(7-3-8-15)10-18-14(19)12-6-9-17-13-5-2-1-4-11(12)13/h1-2,4-6,9H,3,7-8,10,16H2,(H,18,19). The fraction of sp³-hybridized carbons (Fsp3) is 0.333. The maximum Gasteiger partial charge on any atom is 0.252 e. The fourth-order valence-electron chi connectivity index (χ4n) is 2.45. The van der Waals surface area contributed by atoms with Gasteiger partial charge in [-0.3, -0.25) is 9.78 Å². The summed E-state index contributed by atoms with van der Waals surface area (Å²) in [5.74, 6) is -0.0738. The molecule has 1 aromatic carbocycles. The second kappa shape index (κ2) is 4.63. The van der Waals surface area contributed by atoms with Gasteiger partial charge in [-0.2, -0.15) is 0 Å². The van der Waals surface area contributed by atoms with Gasteiger partial charge >= 0.3 is 0 Å². The topological polar surface area (TPSA) is 68.0 Å². The second-order valence-corrected chi connectivity index (χ2v) is 5.27. The molecule has 1 aliphatic rings. The van der Waals surface area contributed by atoms with Crippen LogP contribution in [-0.2, 0) is 0 Å². The molecule has 0 bridgehead atoms. The molecule has 1 heterocycles. The number of nitrogens with zero attached hydrogens (tertiary/aromatic N) is 1. The summed E-state index contributed by atoms with van der Waals surface area (Å²) in [5.41, 5.74) is 7.41. The zero-order valence-corrected chi connectivity index (χ0v) is 10.7. The third-order valence-corrected chi connectivity index (χ3v) is 3.84. The number of carbonyl (C=O) groups excluding carboxylic acids is 1. The van der Waals surface area contributed by atoms with Crippen molar-refractivity contribution >= 4 is 16.8 Å². The Morgan fingerprint density at radius 3 is 2.84 bits per heavy atom. The Kier molecular flexibility index (Phi) is 2.95. The van der Waals surface area contributed by atoms with Crippen LogP contribution in [0.25, 0.3) is 10.9 Å². The smallest absolute Gasteiger partial charge is 0.252 e. The Balaban J connectivity index is 1.81. The van der Waals surface area contributed by atoms with Crippen LogP contribution in [0.3, 0.4) is 0 Å². The van der Waals surface area contributed by atoms with Crippen molar-refractivity contribution in [3.63, 3.8) is 0 Å². The molecule has 0 unspecified atom stereocenters. The van der Waals surface area contributed by atoms with Gasteiger partial charge < -0.3 is 11.1 Å². The predicted octanol–water partition coefficient (Wildman–Crippen LogP) is 1.85. The van der Waals surface area contributed by atoms with Crippen LogP contribution in [0.15, 0.2) is 36.5 Å². The van der Waals surface area contributed by atoms with Gasteiger partial charge in [-0.05, 0) is 31.4 Å². The molecule has 4 nitrogen and oxygen atoms in total. The highest BCUT2D eigenvalue weighted by Gasteiger charge is 2.32. The summed E-state index contributed by atoms with van der Waals surface area (Å²) >= 11 is 0. The van der Waals surface area contributed by atoms with Crippen molar-refractivity contribution < 1.29 is 4.79 Å². The molecule has 1 aliphatic carbocycles. The van der Waals surface area contributed by atoms with Crippen molar-refractivity contribution in [3.05, 3.63) is 42.1 Å². The molecule has 4 heteroatoms. The van der Waals surface area contributed by atoms with Gasteiger partial charge in [0.15, 0.2) is 0 Å². The van der Waals surface area contributed by atoms with Gasteiger partial charge in [0.05, 0.1) is 11.1 Å². The van der Waals surface area contributed by atoms with Gasteiger partial charge in [0.25, 0.3) is 5.91 Å². The van der Waals surface area contributed by atoms with Crippen molar-refractivity contribution in [2.45, 2.75) is 24.8 Å². The number of hydrogen-bond donors (Lipinski definition) is 2. The molecule has 0 spiro atoms. The third-order valence-electron chi connectivity index (χ3n) is 3.84. The van der Waals surface area contributed by atoms with Crippen LogP contribution in [0.1, 0.15) is 29.6 Å². The number of hydrogen-bond acceptors (Lipinski definition) is 3. The van der Waals surface area contributed by atoms with Crippen LogP contribution in [0.2, 0.25) is 0 Å². The molecule has 1 fully saturated rings. The lowest BCUT2D eigenvalue weighted by atomic mass is 9.78. The van der Waals surface area contributed by atoms with E-state index in [9.17, 15) is 4.79 Å². The van der Waals surface area contributed by atoms with Crippen molar-refractivity contribution in [2.75, 3.05) is 6.54 Å². The Hall–Kier alpha value is -1.94. The highest BCUT2D eigenvalue weighted by atomic mass is 16.1. The monoisotopic (exact) mass is 255 g/mol. The Labute approximate surface area is 112 Å². The second-order valence-electron chi connectivity index (χ2n) is 5.27. The highest BCUT2D eigenvalue weighted by Crippen LogP contribution is 2.28. The Morgan fingerprint density at radius 1 is 1.32 bits per heavy atom. The molecule has 1 amide bonds. The molecule has 1 aromatic heterocycles. The minimum atomic E-state index is -0.196. The molecule has 0 aliphatic heterocycles. The largest absolute Gasteiger partial charge is 0.350 e. The summed E-state index contributed by atoms with van der Waals surface area (Å²) in [6.45, 7) is 0.544. The van der Waals surface area contributed by atoms with Crippen LogP contribution in [-0.4, -0.2) is 23.0 Å². The fourth-order valence-corrected chi connectivity index (χ4v) is 2.45. The lowest BCUT2D eigenvalue weighted by molar-refractivity contribution is 0.0931. The van der Waals surface area contributed by atoms with Crippen LogP contribution in [0.5, 0.6) is 0 Å². The summed E-state index contributed by atoms with van der Waals surface area (Å²) < 4.78 is 0. The molecule has 98 valence electrons. The number of nitrogens with two attached hydrogens (primary N) is 1. The molecular formula is C15H17N3O. The zero-order chi connectivity index (χ0) is 13.3. The van der Waals surface area contributed by atoms with Crippen LogP contribution >= 0.6 is 0 Å². The number of rotatable bonds is 3. The lowest BCUT2D eigenvalue weighted by Gasteiger charge is -2.38. The molecule has 3 N–H and O–H groups in total. The Morgan fingerprint density at radius 2 is 2.11 bits per heavy atom. The summed E-state index contributed by atoms with van der Waals surface area (Å²) in [6, 6.07) is 9.40. The van der Waals surface area contributed by atoms with Crippen molar-refractivity contribution in [2.24, 2.45) is 5.73 Å². The molecular weight excluding hydrogens is 238 g/mol. The number of nitrogens with one attached hydrogen (secondary N) is 1. The first-order valence-electron chi connectivity index (χ1n) is 6.59. The molecule has 0 radical (unpaired) electrons. The van der Waals surface area contributed by atoms with E-state index in [-0.39, 0.29) is 11.4 Å². The molecule has 1 saturated carbocycles. The summed E-state index contributed by atoms with van der Waals surface area (Å²) in [7, 11) is 0. The average Bonchev–Trinajstić information content (AvgIpc) is 2.42. The number of pyridine rings is 1. The molecule has 19 heavy (non-hydrogen) atoms. The number of amides is 1. The maximum absolute atomic E-state index is 12.3. The van der Waals surface area contributed by atoms with E-state index < -0.39 is 0 Å². The van der Waals surface area contributed by atoms with E-state index in [2.05, 4.69) is 10.3 Å². The summed E-state index contributed by atoms with van der Waals surface area (Å²) in [6.07, 6.45) is 4.80. The number of aromatic nitrogens is 1. The van der Waals surface area contributed by atoms with E-state index in [0.29, 0.717) is 12.1 Å². The van der Waals surface area contributed by atoms with Crippen LogP contribution in [0.4, 0.5) is 0 Å². The summed E-state index contributed by atoms with van der Waals surface area (Å²) in [4.78, 5) is 16.5. The van der Waals surface area contributed by atoms with E-state index >= 15 is 0 Å². The normalized spacial score (nSPS) is 16.9. The predicted molar refractivity (Wildman–Crippen MR) is 74.8 cm³/mol. The first kappa shape index (κ1) is 12.1. The molecule has 0 atom stereocenters. The van der Waals surface area contributed by atoms with E-state index in [4.69, 9.17) is 5.73 Å². The zero-order valence-electron chi connectivity index (χ0n) is 10.7. The van der Waals surface area contributed by atoms with Crippen molar-refractivity contribution in [3.8, 4) is 0 Å². The highest BCUT2D eigenvalue weighted by molar-refractivity contribution is 6.05. The van der Waals surface area contributed by atoms with Gasteiger partial charge in [0, 0.05) is 23.7 Å². The van der Waals surface area contributed by atoms with Crippen molar-refractivity contribution in [1.29, 1.82) is 0 Å². The first-order valence-corrected chi connectivity index (χ1v) is 6.59. The third kappa shape index (κ3) is 2.31. The van der Waals surface area contributed by atoms with Gasteiger partial charge in [0.1, 0.15) is 0 Å². The van der Waals surface area contributed by atoms with Crippen molar-refractivity contribution in [1.82, 2.24) is 10.3 Å². The average molecular weight is 255 g/mol. The number of fused-ring (bicyclic) bond motifs is 1. The Bertz CT molecular complexity index is 614. The van der Waals surface area contributed by atoms with E-state index in [1.807, 2.05) is 24.3 Å². The number of para-hydroxylation sites is 1. The lowest BCUT2D eigenvalue weighted by Crippen LogP contribution is -2.54. The number of carbonyl (C=O) groups is 1. The molecule has 3 rings (SSSR count). The molecule has 2 aromatic rings. The van der Waals surface area contributed by atoms with E-state index in [1.165, 1.54) is 0 Å². The van der Waals surface area contributed by atoms with Crippen LogP contribution < -0.4 is 11.1 Å². The van der Waals surface area contributed by atoms with E-state index in [1.54, 1.807) is 12.3 Å². The van der Waals surface area contributed by atoms with Gasteiger partial charge in [0.2, 0.25) is 0 Å². The first-order chi connectivity index (χ1) is 9.18. The quantitative estimate of drug-likeness (QED) is 0.879. The summed E-state index contributed by atoms with van der Waals surface area (Å²) in [5, 5.41) is 3.82. The van der Waals surface area contributed by atoms with Gasteiger partial charge in [-0.1, -0.05) is 18.2 Å². The minimum Gasteiger partial charge on any atom is -0.350 e. The van der Waals surface area contributed by atoms with E-state index in [0.717, 1.165) is 30.2 Å². The maximum atomic E-state index is 12.3. The SMILES string of the molecule is NC1(CNC(=O)c2ccnc3ccccc23)CCC1. The van der Waals surface area contributed by atoms with Crippen LogP contribution in [0, 0.1) is 0 Å². The molecule has 0 saturated heterocycles. The van der Waals surface area contributed by atoms with Gasteiger partial charge in [-0.25, -0.2) is 0 Å². The minimum absolute atomic E-state index is 0.0738. The number of benzene rings is 1. The van der Waals surface area contributed by atoms with Gasteiger partial charge in [-0.15, -0.1) is 0 Å².